The Morgan fingerprint density at radius 2 is 1.88 bits per heavy atom. The molecular weight excluding hydrogens is 218 g/mol. The van der Waals surface area contributed by atoms with Gasteiger partial charge in [-0.2, -0.15) is 0 Å². The predicted molar refractivity (Wildman–Crippen MR) is 70.1 cm³/mol. The standard InChI is InChI=1S/C14H20ClN/c1-3-14(4-2)10-16-9-13(14)11-5-7-12(15)8-6-11/h5-8,13,16H,3-4,9-10H2,1-2H3. The third kappa shape index (κ3) is 1.99. The average Bonchev–Trinajstić information content (AvgIpc) is 2.74. The first-order chi connectivity index (χ1) is 7.72. The number of rotatable bonds is 3. The minimum Gasteiger partial charge on any atom is -0.316 e. The van der Waals surface area contributed by atoms with Crippen LogP contribution in [0.2, 0.25) is 5.02 Å². The van der Waals surface area contributed by atoms with Crippen LogP contribution in [0.4, 0.5) is 0 Å². The highest BCUT2D eigenvalue weighted by molar-refractivity contribution is 6.30. The largest absolute Gasteiger partial charge is 0.316 e. The zero-order valence-electron chi connectivity index (χ0n) is 10.1. The van der Waals surface area contributed by atoms with Gasteiger partial charge in [0.15, 0.2) is 0 Å². The first-order valence-corrected chi connectivity index (χ1v) is 6.56. The minimum atomic E-state index is 0.438. The van der Waals surface area contributed by atoms with Gasteiger partial charge in [-0.05, 0) is 36.0 Å². The molecule has 1 aliphatic heterocycles. The summed E-state index contributed by atoms with van der Waals surface area (Å²) >= 11 is 5.94. The van der Waals surface area contributed by atoms with Gasteiger partial charge in [0.05, 0.1) is 0 Å². The summed E-state index contributed by atoms with van der Waals surface area (Å²) in [6.45, 7) is 6.86. The maximum Gasteiger partial charge on any atom is 0.0406 e. The van der Waals surface area contributed by atoms with Gasteiger partial charge in [-0.3, -0.25) is 0 Å². The van der Waals surface area contributed by atoms with E-state index in [9.17, 15) is 0 Å². The maximum atomic E-state index is 5.94. The third-order valence-corrected chi connectivity index (χ3v) is 4.50. The maximum absolute atomic E-state index is 5.94. The molecule has 1 atom stereocenters. The second-order valence-electron chi connectivity index (χ2n) is 4.80. The molecule has 1 nitrogen and oxygen atoms in total. The van der Waals surface area contributed by atoms with E-state index in [4.69, 9.17) is 11.6 Å². The van der Waals surface area contributed by atoms with Crippen molar-refractivity contribution in [2.24, 2.45) is 5.41 Å². The van der Waals surface area contributed by atoms with Gasteiger partial charge < -0.3 is 5.32 Å². The number of benzene rings is 1. The molecule has 1 saturated heterocycles. The highest BCUT2D eigenvalue weighted by Crippen LogP contribution is 2.44. The Morgan fingerprint density at radius 3 is 2.44 bits per heavy atom. The molecule has 1 unspecified atom stereocenters. The zero-order chi connectivity index (χ0) is 11.6. The van der Waals surface area contributed by atoms with Crippen LogP contribution in [0.15, 0.2) is 24.3 Å². The van der Waals surface area contributed by atoms with Crippen molar-refractivity contribution in [1.82, 2.24) is 5.32 Å². The highest BCUT2D eigenvalue weighted by atomic mass is 35.5. The predicted octanol–water partition coefficient (Wildman–Crippen LogP) is 3.83. The molecule has 0 aliphatic carbocycles. The molecule has 16 heavy (non-hydrogen) atoms. The van der Waals surface area contributed by atoms with Crippen LogP contribution in [0.3, 0.4) is 0 Å². The van der Waals surface area contributed by atoms with Crippen LogP contribution in [-0.4, -0.2) is 13.1 Å². The van der Waals surface area contributed by atoms with Crippen molar-refractivity contribution in [3.8, 4) is 0 Å². The summed E-state index contributed by atoms with van der Waals surface area (Å²) in [6.07, 6.45) is 2.48. The molecule has 2 rings (SSSR count). The molecule has 1 fully saturated rings. The van der Waals surface area contributed by atoms with E-state index in [1.54, 1.807) is 0 Å². The molecule has 88 valence electrons. The summed E-state index contributed by atoms with van der Waals surface area (Å²) in [6, 6.07) is 8.37. The second kappa shape index (κ2) is 4.77. The second-order valence-corrected chi connectivity index (χ2v) is 5.24. The summed E-state index contributed by atoms with van der Waals surface area (Å²) in [5.74, 6) is 0.639. The van der Waals surface area contributed by atoms with Crippen LogP contribution < -0.4 is 5.32 Å². The first kappa shape index (κ1) is 11.9. The molecule has 0 radical (unpaired) electrons. The normalized spacial score (nSPS) is 23.6. The SMILES string of the molecule is CCC1(CC)CNCC1c1ccc(Cl)cc1. The molecule has 1 aromatic carbocycles. The smallest absolute Gasteiger partial charge is 0.0406 e. The summed E-state index contributed by atoms with van der Waals surface area (Å²) < 4.78 is 0. The summed E-state index contributed by atoms with van der Waals surface area (Å²) in [4.78, 5) is 0. The topological polar surface area (TPSA) is 12.0 Å². The van der Waals surface area contributed by atoms with Crippen molar-refractivity contribution < 1.29 is 0 Å². The fraction of sp³-hybridized carbons (Fsp3) is 0.571. The summed E-state index contributed by atoms with van der Waals surface area (Å²) in [5, 5.41) is 4.37. The minimum absolute atomic E-state index is 0.438. The molecule has 0 bridgehead atoms. The lowest BCUT2D eigenvalue weighted by atomic mass is 9.71. The Hall–Kier alpha value is -0.530. The van der Waals surface area contributed by atoms with Crippen LogP contribution in [0.5, 0.6) is 0 Å². The summed E-state index contributed by atoms with van der Waals surface area (Å²) in [7, 11) is 0. The van der Waals surface area contributed by atoms with Crippen molar-refractivity contribution in [3.05, 3.63) is 34.9 Å². The van der Waals surface area contributed by atoms with E-state index in [0.717, 1.165) is 18.1 Å². The van der Waals surface area contributed by atoms with Gasteiger partial charge in [0.1, 0.15) is 0 Å². The molecule has 1 N–H and O–H groups in total. The van der Waals surface area contributed by atoms with Gasteiger partial charge in [0.25, 0.3) is 0 Å². The van der Waals surface area contributed by atoms with Gasteiger partial charge in [-0.15, -0.1) is 0 Å². The van der Waals surface area contributed by atoms with E-state index in [-0.39, 0.29) is 0 Å². The Kier molecular flexibility index (Phi) is 3.56. The molecule has 0 aromatic heterocycles. The van der Waals surface area contributed by atoms with Crippen molar-refractivity contribution in [2.45, 2.75) is 32.6 Å². The molecule has 1 aromatic rings. The van der Waals surface area contributed by atoms with E-state index in [2.05, 4.69) is 31.3 Å². The fourth-order valence-electron chi connectivity index (χ4n) is 2.96. The van der Waals surface area contributed by atoms with E-state index in [0.29, 0.717) is 11.3 Å². The van der Waals surface area contributed by atoms with Crippen molar-refractivity contribution in [2.75, 3.05) is 13.1 Å². The number of hydrogen-bond acceptors (Lipinski definition) is 1. The Balaban J connectivity index is 2.29. The van der Waals surface area contributed by atoms with Gasteiger partial charge in [-0.25, -0.2) is 0 Å². The monoisotopic (exact) mass is 237 g/mol. The molecule has 0 spiro atoms. The van der Waals surface area contributed by atoms with Crippen molar-refractivity contribution in [1.29, 1.82) is 0 Å². The van der Waals surface area contributed by atoms with Crippen LogP contribution in [-0.2, 0) is 0 Å². The van der Waals surface area contributed by atoms with E-state index in [1.807, 2.05) is 12.1 Å². The molecule has 1 aliphatic rings. The van der Waals surface area contributed by atoms with Gasteiger partial charge in [-0.1, -0.05) is 37.6 Å². The Morgan fingerprint density at radius 1 is 1.25 bits per heavy atom. The van der Waals surface area contributed by atoms with Gasteiger partial charge >= 0.3 is 0 Å². The fourth-order valence-corrected chi connectivity index (χ4v) is 3.09. The molecule has 0 saturated carbocycles. The average molecular weight is 238 g/mol. The van der Waals surface area contributed by atoms with Crippen LogP contribution >= 0.6 is 11.6 Å². The molecule has 0 amide bonds. The van der Waals surface area contributed by atoms with E-state index >= 15 is 0 Å². The third-order valence-electron chi connectivity index (χ3n) is 4.25. The van der Waals surface area contributed by atoms with Crippen LogP contribution in [0.25, 0.3) is 0 Å². The van der Waals surface area contributed by atoms with E-state index < -0.39 is 0 Å². The van der Waals surface area contributed by atoms with Crippen molar-refractivity contribution in [3.63, 3.8) is 0 Å². The van der Waals surface area contributed by atoms with E-state index in [1.165, 1.54) is 18.4 Å². The van der Waals surface area contributed by atoms with Gasteiger partial charge in [0, 0.05) is 24.0 Å². The molecular formula is C14H20ClN. The quantitative estimate of drug-likeness (QED) is 0.843. The summed E-state index contributed by atoms with van der Waals surface area (Å²) in [5.41, 5.74) is 1.87. The van der Waals surface area contributed by atoms with Crippen LogP contribution in [0, 0.1) is 5.41 Å². The highest BCUT2D eigenvalue weighted by Gasteiger charge is 2.40. The molecule has 2 heteroatoms. The first-order valence-electron chi connectivity index (χ1n) is 6.18. The van der Waals surface area contributed by atoms with Crippen molar-refractivity contribution >= 4 is 11.6 Å². The number of nitrogens with one attached hydrogen (secondary N) is 1. The lowest BCUT2D eigenvalue weighted by Crippen LogP contribution is -2.27. The molecule has 1 heterocycles. The van der Waals surface area contributed by atoms with Crippen LogP contribution in [0.1, 0.15) is 38.2 Å². The number of hydrogen-bond donors (Lipinski definition) is 1. The van der Waals surface area contributed by atoms with Gasteiger partial charge in [0.2, 0.25) is 0 Å². The lowest BCUT2D eigenvalue weighted by molar-refractivity contribution is 0.260. The zero-order valence-corrected chi connectivity index (χ0v) is 10.8. The number of halogens is 1. The Bertz CT molecular complexity index is 340. The Labute approximate surface area is 103 Å². The lowest BCUT2D eigenvalue weighted by Gasteiger charge is -2.33.